The lowest BCUT2D eigenvalue weighted by molar-refractivity contribution is 0.402. The number of hydrogen-bond acceptors (Lipinski definition) is 3. The zero-order chi connectivity index (χ0) is 15.0. The molecule has 0 bridgehead atoms. The summed E-state index contributed by atoms with van der Waals surface area (Å²) in [5.41, 5.74) is 3.73. The monoisotopic (exact) mass is 287 g/mol. The third-order valence-electron chi connectivity index (χ3n) is 4.25. The Morgan fingerprint density at radius 1 is 1.19 bits per heavy atom. The second kappa shape index (κ2) is 5.26. The molecule has 1 saturated heterocycles. The summed E-state index contributed by atoms with van der Waals surface area (Å²) in [5, 5.41) is 4.67. The summed E-state index contributed by atoms with van der Waals surface area (Å²) in [6.07, 6.45) is 2.01. The van der Waals surface area contributed by atoms with Crippen LogP contribution in [0.15, 0.2) is 18.3 Å². The van der Waals surface area contributed by atoms with Crippen molar-refractivity contribution in [2.45, 2.75) is 26.2 Å². The number of hydrogen-bond donors (Lipinski definition) is 2. The van der Waals surface area contributed by atoms with Gasteiger partial charge >= 0.3 is 0 Å². The molecule has 1 aliphatic rings. The van der Waals surface area contributed by atoms with Crippen LogP contribution in [-0.2, 0) is 5.41 Å². The van der Waals surface area contributed by atoms with Gasteiger partial charge in [0.05, 0.1) is 12.6 Å². The summed E-state index contributed by atoms with van der Waals surface area (Å²) < 4.78 is 5.72. The molecule has 4 heteroatoms. The molecule has 2 heterocycles. The lowest BCUT2D eigenvalue weighted by Crippen LogP contribution is -2.43. The van der Waals surface area contributed by atoms with Crippen LogP contribution in [-0.4, -0.2) is 38.3 Å². The van der Waals surface area contributed by atoms with E-state index in [-0.39, 0.29) is 5.41 Å². The molecule has 114 valence electrons. The average molecular weight is 287 g/mol. The van der Waals surface area contributed by atoms with Crippen molar-refractivity contribution in [3.05, 3.63) is 23.9 Å². The Labute approximate surface area is 126 Å². The van der Waals surface area contributed by atoms with Gasteiger partial charge in [-0.15, -0.1) is 0 Å². The van der Waals surface area contributed by atoms with Gasteiger partial charge in [0.2, 0.25) is 0 Å². The highest BCUT2D eigenvalue weighted by atomic mass is 16.5. The quantitative estimate of drug-likeness (QED) is 0.892. The minimum Gasteiger partial charge on any atom is -0.494 e. The molecular formula is C17H25N3O. The smallest absolute Gasteiger partial charge is 0.146 e. The maximum absolute atomic E-state index is 5.72. The molecule has 0 spiro atoms. The second-order valence-electron chi connectivity index (χ2n) is 6.73. The van der Waals surface area contributed by atoms with E-state index in [4.69, 9.17) is 4.74 Å². The minimum atomic E-state index is 0.0490. The van der Waals surface area contributed by atoms with Gasteiger partial charge in [-0.2, -0.15) is 0 Å². The Hall–Kier alpha value is -1.68. The molecule has 1 aliphatic heterocycles. The summed E-state index contributed by atoms with van der Waals surface area (Å²) in [6.45, 7) is 10.9. The summed E-state index contributed by atoms with van der Waals surface area (Å²) in [7, 11) is 1.76. The molecule has 0 radical (unpaired) electrons. The number of fused-ring (bicyclic) bond motifs is 1. The number of nitrogens with one attached hydrogen (secondary N) is 2. The van der Waals surface area contributed by atoms with Gasteiger partial charge in [-0.3, -0.25) is 0 Å². The van der Waals surface area contributed by atoms with Crippen molar-refractivity contribution in [2.75, 3.05) is 38.2 Å². The maximum Gasteiger partial charge on any atom is 0.146 e. The van der Waals surface area contributed by atoms with E-state index in [1.54, 1.807) is 7.11 Å². The van der Waals surface area contributed by atoms with Crippen LogP contribution in [0.3, 0.4) is 0 Å². The van der Waals surface area contributed by atoms with Crippen molar-refractivity contribution in [3.63, 3.8) is 0 Å². The van der Waals surface area contributed by atoms with E-state index < -0.39 is 0 Å². The van der Waals surface area contributed by atoms with Crippen molar-refractivity contribution in [3.8, 4) is 5.75 Å². The fourth-order valence-electron chi connectivity index (χ4n) is 3.12. The summed E-state index contributed by atoms with van der Waals surface area (Å²) in [5.74, 6) is 0.974. The van der Waals surface area contributed by atoms with E-state index in [2.05, 4.69) is 48.1 Å². The van der Waals surface area contributed by atoms with Gasteiger partial charge < -0.3 is 19.9 Å². The molecule has 0 aliphatic carbocycles. The van der Waals surface area contributed by atoms with Crippen LogP contribution in [0.4, 0.5) is 5.69 Å². The number of H-pyrrole nitrogens is 1. The molecule has 2 N–H and O–H groups in total. The molecular weight excluding hydrogens is 262 g/mol. The van der Waals surface area contributed by atoms with Crippen molar-refractivity contribution < 1.29 is 4.74 Å². The number of piperazine rings is 1. The van der Waals surface area contributed by atoms with Crippen LogP contribution in [0.1, 0.15) is 26.3 Å². The van der Waals surface area contributed by atoms with Crippen LogP contribution < -0.4 is 15.0 Å². The van der Waals surface area contributed by atoms with E-state index in [0.29, 0.717) is 0 Å². The topological polar surface area (TPSA) is 40.3 Å². The predicted molar refractivity (Wildman–Crippen MR) is 88.6 cm³/mol. The Bertz CT molecular complexity index is 633. The third kappa shape index (κ3) is 2.48. The molecule has 21 heavy (non-hydrogen) atoms. The Kier molecular flexibility index (Phi) is 3.57. The van der Waals surface area contributed by atoms with Gasteiger partial charge in [0.15, 0.2) is 0 Å². The van der Waals surface area contributed by atoms with Crippen LogP contribution in [0.5, 0.6) is 5.75 Å². The van der Waals surface area contributed by atoms with Gasteiger partial charge in [-0.25, -0.2) is 0 Å². The lowest BCUT2D eigenvalue weighted by Gasteiger charge is -2.32. The number of nitrogens with zero attached hydrogens (tertiary/aromatic N) is 1. The van der Waals surface area contributed by atoms with Gasteiger partial charge in [0.25, 0.3) is 0 Å². The molecule has 4 nitrogen and oxygen atoms in total. The number of ether oxygens (including phenoxy) is 1. The number of methoxy groups -OCH3 is 1. The van der Waals surface area contributed by atoms with Crippen molar-refractivity contribution in [1.29, 1.82) is 0 Å². The Morgan fingerprint density at radius 2 is 1.90 bits per heavy atom. The van der Waals surface area contributed by atoms with Crippen molar-refractivity contribution in [2.24, 2.45) is 0 Å². The van der Waals surface area contributed by atoms with E-state index in [1.165, 1.54) is 16.6 Å². The molecule has 1 fully saturated rings. The van der Waals surface area contributed by atoms with E-state index in [1.807, 2.05) is 6.20 Å². The zero-order valence-electron chi connectivity index (χ0n) is 13.4. The molecule has 0 amide bonds. The van der Waals surface area contributed by atoms with Gasteiger partial charge in [-0.1, -0.05) is 20.8 Å². The summed E-state index contributed by atoms with van der Waals surface area (Å²) in [6, 6.07) is 4.47. The molecule has 0 atom stereocenters. The van der Waals surface area contributed by atoms with Gasteiger partial charge in [-0.05, 0) is 17.5 Å². The Balaban J connectivity index is 2.22. The van der Waals surface area contributed by atoms with Gasteiger partial charge in [0, 0.05) is 49.0 Å². The van der Waals surface area contributed by atoms with Crippen LogP contribution in [0, 0.1) is 0 Å². The van der Waals surface area contributed by atoms with Crippen LogP contribution >= 0.6 is 0 Å². The third-order valence-corrected chi connectivity index (χ3v) is 4.25. The Morgan fingerprint density at radius 3 is 2.52 bits per heavy atom. The highest BCUT2D eigenvalue weighted by Gasteiger charge is 2.25. The number of benzene rings is 1. The molecule has 1 aromatic heterocycles. The number of anilines is 1. The molecule has 0 saturated carbocycles. The SMILES string of the molecule is COc1c(C(C)(C)C)cc(N2CCNCC2)c2cc[nH]c12. The fourth-order valence-corrected chi connectivity index (χ4v) is 3.12. The van der Waals surface area contributed by atoms with E-state index in [9.17, 15) is 0 Å². The largest absolute Gasteiger partial charge is 0.494 e. The standard InChI is InChI=1S/C17H25N3O/c1-17(2,3)13-11-14(20-9-7-18-8-10-20)12-5-6-19-15(12)16(13)21-4/h5-6,11,18-19H,7-10H2,1-4H3. The lowest BCUT2D eigenvalue weighted by atomic mass is 9.85. The van der Waals surface area contributed by atoms with Crippen LogP contribution in [0.25, 0.3) is 10.9 Å². The molecule has 1 aromatic carbocycles. The fraction of sp³-hybridized carbons (Fsp3) is 0.529. The second-order valence-corrected chi connectivity index (χ2v) is 6.73. The first-order chi connectivity index (χ1) is 10.0. The number of aromatic amines is 1. The highest BCUT2D eigenvalue weighted by molar-refractivity contribution is 5.98. The summed E-state index contributed by atoms with van der Waals surface area (Å²) in [4.78, 5) is 5.84. The normalized spacial score (nSPS) is 16.5. The van der Waals surface area contributed by atoms with Gasteiger partial charge in [0.1, 0.15) is 5.75 Å². The van der Waals surface area contributed by atoms with E-state index in [0.717, 1.165) is 37.4 Å². The summed E-state index contributed by atoms with van der Waals surface area (Å²) >= 11 is 0. The van der Waals surface area contributed by atoms with Crippen molar-refractivity contribution >= 4 is 16.6 Å². The number of rotatable bonds is 2. The first kappa shape index (κ1) is 14.3. The first-order valence-corrected chi connectivity index (χ1v) is 7.66. The zero-order valence-corrected chi connectivity index (χ0v) is 13.4. The predicted octanol–water partition coefficient (Wildman–Crippen LogP) is 2.88. The maximum atomic E-state index is 5.72. The molecule has 2 aromatic rings. The highest BCUT2D eigenvalue weighted by Crippen LogP contribution is 2.41. The minimum absolute atomic E-state index is 0.0490. The van der Waals surface area contributed by atoms with Crippen molar-refractivity contribution in [1.82, 2.24) is 10.3 Å². The first-order valence-electron chi connectivity index (χ1n) is 7.66. The van der Waals surface area contributed by atoms with E-state index >= 15 is 0 Å². The molecule has 3 rings (SSSR count). The van der Waals surface area contributed by atoms with Crippen LogP contribution in [0.2, 0.25) is 0 Å². The molecule has 0 unspecified atom stereocenters. The average Bonchev–Trinajstić information content (AvgIpc) is 2.94. The number of aromatic nitrogens is 1.